The third kappa shape index (κ3) is 26.2. The van der Waals surface area contributed by atoms with Crippen molar-refractivity contribution in [2.45, 2.75) is 219 Å². The van der Waals surface area contributed by atoms with Gasteiger partial charge in [-0.05, 0) is 138 Å². The summed E-state index contributed by atoms with van der Waals surface area (Å²) in [7, 11) is 4.60. The van der Waals surface area contributed by atoms with E-state index in [2.05, 4.69) is 30.6 Å². The van der Waals surface area contributed by atoms with E-state index < -0.39 is 77.8 Å². The van der Waals surface area contributed by atoms with Gasteiger partial charge in [-0.25, -0.2) is 24.1 Å². The predicted molar refractivity (Wildman–Crippen MR) is 426 cm³/mol. The number of oxazole rings is 1. The summed E-state index contributed by atoms with van der Waals surface area (Å²) < 4.78 is 74.0. The van der Waals surface area contributed by atoms with Gasteiger partial charge in [0.1, 0.15) is 59.2 Å². The van der Waals surface area contributed by atoms with Gasteiger partial charge in [-0.1, -0.05) is 76.3 Å². The second-order valence-corrected chi connectivity index (χ2v) is 31.0. The number of esters is 1. The molecule has 9 rings (SSSR count). The number of nitrogens with zero attached hydrogens (tertiary/aromatic N) is 9. The lowest BCUT2D eigenvalue weighted by molar-refractivity contribution is -0.265. The molecule has 634 valence electrons. The number of nitrogen functional groups attached to an aromatic ring is 2. The molecule has 0 radical (unpaired) electrons. The smallest absolute Gasteiger partial charge is 0.329 e. The summed E-state index contributed by atoms with van der Waals surface area (Å²) in [5.41, 5.74) is 17.1. The summed E-state index contributed by atoms with van der Waals surface area (Å²) in [6, 6.07) is 4.38. The van der Waals surface area contributed by atoms with E-state index in [1.54, 1.807) is 62.7 Å². The Hall–Kier alpha value is -8.12. The van der Waals surface area contributed by atoms with Crippen LogP contribution >= 0.6 is 0 Å². The predicted octanol–water partition coefficient (Wildman–Crippen LogP) is 8.18. The molecule has 5 aromatic rings. The van der Waals surface area contributed by atoms with E-state index >= 15 is 0 Å². The van der Waals surface area contributed by atoms with E-state index in [1.807, 2.05) is 70.2 Å². The number of allylic oxidation sites excluding steroid dienone is 6. The van der Waals surface area contributed by atoms with Crippen LogP contribution in [0.4, 0.5) is 11.8 Å². The van der Waals surface area contributed by atoms with Crippen molar-refractivity contribution in [3.63, 3.8) is 0 Å². The van der Waals surface area contributed by atoms with Gasteiger partial charge in [0, 0.05) is 83.5 Å². The number of aliphatic hydroxyl groups excluding tert-OH is 1. The summed E-state index contributed by atoms with van der Waals surface area (Å²) in [6.07, 6.45) is 16.3. The van der Waals surface area contributed by atoms with Crippen LogP contribution in [0.5, 0.6) is 0 Å². The number of hydrogen-bond donors (Lipinski definition) is 5. The van der Waals surface area contributed by atoms with Gasteiger partial charge in [-0.2, -0.15) is 10.1 Å². The number of aromatic nitrogens is 8. The Morgan fingerprint density at radius 1 is 0.791 bits per heavy atom. The number of ether oxygens (including phenoxy) is 11. The molecule has 7 N–H and O–H groups in total. The molecule has 1 unspecified atom stereocenters. The highest BCUT2D eigenvalue weighted by Crippen LogP contribution is 2.39. The highest BCUT2D eigenvalue weighted by atomic mass is 16.6. The van der Waals surface area contributed by atoms with Crippen molar-refractivity contribution < 1.29 is 95.5 Å². The van der Waals surface area contributed by atoms with Gasteiger partial charge < -0.3 is 88.4 Å². The highest BCUT2D eigenvalue weighted by molar-refractivity contribution is 6.39. The third-order valence-corrected chi connectivity index (χ3v) is 22.3. The van der Waals surface area contributed by atoms with E-state index in [9.17, 15) is 39.0 Å². The summed E-state index contributed by atoms with van der Waals surface area (Å²) in [6.45, 7) is 18.0. The SMILES string of the molecule is CO[C@H]1CC2CC[C@@H](C)[C@@](O)(O2)C(=O)C(=O)N2CCCC[C@H]2C(=O)O[C@H]([C@H](C)C[C@@H]2CC[C@@H](OCCOCc3cn(CCOCCOCCOCCOCCC(=O)NCCCCn4nc(-c5ccc6oc(N)nc6c5)c5c(N)ncnc54)nn3)[C@H](OC)C2)CC(=O)[C@H](C)/C=C(\C)[C@@H](O)[C@@H](OC)C(=O)[C@H](C)C[C@H](C)/C=C/C=CC=C1C. The number of benzene rings is 1. The first-order chi connectivity index (χ1) is 55.4. The zero-order valence-electron chi connectivity index (χ0n) is 68.6. The molecule has 1 aromatic carbocycles. The lowest BCUT2D eigenvalue weighted by atomic mass is 9.78. The number of unbranched alkanes of at least 4 members (excludes halogenated alkanes) is 1. The number of amides is 2. The Morgan fingerprint density at radius 3 is 2.29 bits per heavy atom. The van der Waals surface area contributed by atoms with Gasteiger partial charge in [-0.3, -0.25) is 24.0 Å². The maximum Gasteiger partial charge on any atom is 0.329 e. The lowest BCUT2D eigenvalue weighted by Crippen LogP contribution is -2.61. The number of aryl methyl sites for hydroxylation is 1. The molecule has 2 bridgehead atoms. The van der Waals surface area contributed by atoms with Crippen molar-refractivity contribution in [2.24, 2.45) is 35.5 Å². The standard InChI is InChI=1S/C83H122N12O20/c1-52-18-12-11-13-19-53(2)68(104-8)47-62-24-21-58(7)83(103,115-62)77(100)80(101)94-29-16-14-20-64(94)81(102)113-69(48-65(96)54(3)43-57(6)75(99)76(106-10)74(98)56(5)42-52)55(4)44-59-22-25-67(70(45-59)105-9)112-41-40-111-50-61-49-93(92-90-61)31-33-108-35-37-110-39-38-109-36-34-107-32-27-71(97)86-28-15-17-30-95-79-72(78(84)87-51-88-79)73(91-95)60-23-26-66-63(46-60)89-82(85)114-66/h11-13,18-19,23,26,43,46,49,51-52,54-56,58-59,62,64,67-70,75-76,99,103H,14-17,20-22,24-25,27-42,44-45,47-48,50H2,1-10H3,(H2,85,89)(H,86,97)(H2,84,87,88)/b13-11?,18-12+,53-19?,57-43+/t52-,54-,55-,56-,58-,59+,62?,64+,67-,68+,69+,70-,75-,76+,83-/m1/s1. The topological polar surface area (TPSA) is 412 Å². The van der Waals surface area contributed by atoms with Crippen LogP contribution < -0.4 is 16.8 Å². The molecule has 1 aliphatic carbocycles. The minimum atomic E-state index is -2.47. The first kappa shape index (κ1) is 90.8. The van der Waals surface area contributed by atoms with E-state index in [4.69, 9.17) is 73.1 Å². The van der Waals surface area contributed by atoms with Crippen molar-refractivity contribution in [2.75, 3.05) is 112 Å². The average Bonchev–Trinajstić information content (AvgIpc) is 0.885. The van der Waals surface area contributed by atoms with Crippen LogP contribution in [0.2, 0.25) is 0 Å². The number of piperidine rings is 1. The Morgan fingerprint density at radius 2 is 1.54 bits per heavy atom. The summed E-state index contributed by atoms with van der Waals surface area (Å²) in [5, 5.41) is 40.7. The molecule has 0 spiro atoms. The fourth-order valence-corrected chi connectivity index (χ4v) is 15.5. The second-order valence-electron chi connectivity index (χ2n) is 31.0. The van der Waals surface area contributed by atoms with Crippen LogP contribution in [-0.4, -0.2) is 245 Å². The zero-order valence-corrected chi connectivity index (χ0v) is 68.6. The van der Waals surface area contributed by atoms with Gasteiger partial charge in [0.05, 0.1) is 115 Å². The average molecular weight is 1610 g/mol. The number of ketones is 3. The molecular weight excluding hydrogens is 1480 g/mol. The molecule has 3 aliphatic heterocycles. The van der Waals surface area contributed by atoms with E-state index in [0.717, 1.165) is 30.4 Å². The summed E-state index contributed by atoms with van der Waals surface area (Å²) >= 11 is 0. The Labute approximate surface area is 673 Å². The number of Topliss-reactive ketones (excluding diaryl/α,β-unsaturated/α-hetero) is 3. The molecule has 4 aliphatic rings. The minimum Gasteiger partial charge on any atom is -0.460 e. The summed E-state index contributed by atoms with van der Waals surface area (Å²) in [4.78, 5) is 98.7. The minimum absolute atomic E-state index is 0.00872. The van der Waals surface area contributed by atoms with Crippen molar-refractivity contribution in [1.29, 1.82) is 0 Å². The molecule has 3 fully saturated rings. The number of anilines is 2. The first-order valence-electron chi connectivity index (χ1n) is 40.7. The normalized spacial score (nSPS) is 27.3. The number of fused-ring (bicyclic) bond motifs is 5. The molecule has 32 nitrogen and oxygen atoms in total. The van der Waals surface area contributed by atoms with Crippen LogP contribution in [0.25, 0.3) is 33.4 Å². The number of carbonyl (C=O) groups is 6. The number of nitrogens with one attached hydrogen (secondary N) is 1. The number of nitrogens with two attached hydrogens (primary N) is 2. The number of hydrogen-bond acceptors (Lipinski definition) is 28. The first-order valence-corrected chi connectivity index (χ1v) is 40.7. The zero-order chi connectivity index (χ0) is 82.6. The molecule has 32 heteroatoms. The van der Waals surface area contributed by atoms with E-state index in [-0.39, 0.29) is 92.5 Å². The monoisotopic (exact) mass is 1610 g/mol. The number of rotatable bonds is 33. The molecule has 15 atom stereocenters. The quantitative estimate of drug-likeness (QED) is 0.0114. The maximum atomic E-state index is 14.8. The van der Waals surface area contributed by atoms with Crippen molar-refractivity contribution in [1.82, 2.24) is 49.9 Å². The van der Waals surface area contributed by atoms with Crippen molar-refractivity contribution >= 4 is 69.1 Å². The number of cyclic esters (lactones) is 1. The fraction of sp³-hybridized carbons (Fsp3) is 0.663. The molecule has 4 aromatic heterocycles. The van der Waals surface area contributed by atoms with Gasteiger partial charge in [0.25, 0.3) is 17.7 Å². The van der Waals surface area contributed by atoms with Crippen LogP contribution in [0.1, 0.15) is 150 Å². The van der Waals surface area contributed by atoms with Crippen molar-refractivity contribution in [3.05, 3.63) is 84.0 Å². The molecule has 2 amide bonds. The fourth-order valence-electron chi connectivity index (χ4n) is 15.5. The maximum absolute atomic E-state index is 14.8. The van der Waals surface area contributed by atoms with Gasteiger partial charge in [0.15, 0.2) is 17.0 Å². The van der Waals surface area contributed by atoms with Crippen molar-refractivity contribution in [3.8, 4) is 11.3 Å². The molecule has 1 saturated carbocycles. The Kier molecular flexibility index (Phi) is 36.0. The lowest BCUT2D eigenvalue weighted by Gasteiger charge is -2.42. The molecule has 115 heavy (non-hydrogen) atoms. The number of carbonyl (C=O) groups excluding carboxylic acids is 6. The number of methoxy groups -OCH3 is 3. The van der Waals surface area contributed by atoms with Gasteiger partial charge in [-0.15, -0.1) is 5.10 Å². The molecule has 2 saturated heterocycles. The van der Waals surface area contributed by atoms with Crippen LogP contribution in [-0.2, 0) is 101 Å². The van der Waals surface area contributed by atoms with Crippen LogP contribution in [0, 0.1) is 35.5 Å². The Bertz CT molecular complexity index is 4080. The largest absolute Gasteiger partial charge is 0.460 e. The second kappa shape index (κ2) is 45.6. The molecular formula is C83H122N12O20. The Balaban J connectivity index is 0.660. The summed E-state index contributed by atoms with van der Waals surface area (Å²) in [5.74, 6) is -8.09. The molecule has 7 heterocycles. The number of aliphatic hydroxyl groups is 2. The third-order valence-electron chi connectivity index (χ3n) is 22.3. The van der Waals surface area contributed by atoms with E-state index in [0.29, 0.717) is 182 Å². The van der Waals surface area contributed by atoms with Gasteiger partial charge in [0.2, 0.25) is 11.7 Å². The van der Waals surface area contributed by atoms with E-state index in [1.165, 1.54) is 18.3 Å². The van der Waals surface area contributed by atoms with Gasteiger partial charge >= 0.3 is 5.97 Å². The highest BCUT2D eigenvalue weighted by Gasteiger charge is 2.53. The van der Waals surface area contributed by atoms with Crippen LogP contribution in [0.15, 0.2) is 82.7 Å². The van der Waals surface area contributed by atoms with Crippen LogP contribution in [0.3, 0.4) is 0 Å².